The molecule has 0 aliphatic rings. The third-order valence-electron chi connectivity index (χ3n) is 4.82. The van der Waals surface area contributed by atoms with Crippen molar-refractivity contribution in [2.24, 2.45) is 0 Å². The molecule has 30 heavy (non-hydrogen) atoms. The summed E-state index contributed by atoms with van der Waals surface area (Å²) in [6.45, 7) is 4.83. The van der Waals surface area contributed by atoms with E-state index in [1.807, 2.05) is 31.2 Å². The van der Waals surface area contributed by atoms with Gasteiger partial charge in [-0.25, -0.2) is 4.79 Å². The zero-order valence-electron chi connectivity index (χ0n) is 17.2. The normalized spacial score (nSPS) is 10.5. The first-order valence-corrected chi connectivity index (χ1v) is 10.3. The van der Waals surface area contributed by atoms with Gasteiger partial charge >= 0.3 is 5.97 Å². The van der Waals surface area contributed by atoms with Crippen LogP contribution in [0.25, 0.3) is 0 Å². The van der Waals surface area contributed by atoms with Crippen molar-refractivity contribution in [1.29, 1.82) is 0 Å². The Morgan fingerprint density at radius 2 is 1.80 bits per heavy atom. The van der Waals surface area contributed by atoms with Crippen LogP contribution in [0.1, 0.15) is 32.6 Å². The number of methoxy groups -OCH3 is 1. The SMILES string of the molecule is COc1ccc(Br)c(CNc2ccc(C(=O)O)cc2C)c1OCc1ccc(C)cc1. The summed E-state index contributed by atoms with van der Waals surface area (Å²) < 4.78 is 12.6. The predicted molar refractivity (Wildman–Crippen MR) is 122 cm³/mol. The molecule has 0 atom stereocenters. The molecule has 0 spiro atoms. The zero-order valence-corrected chi connectivity index (χ0v) is 18.7. The molecule has 3 aromatic carbocycles. The fourth-order valence-electron chi connectivity index (χ4n) is 3.08. The number of hydrogen-bond acceptors (Lipinski definition) is 4. The molecule has 156 valence electrons. The molecule has 0 unspecified atom stereocenters. The highest BCUT2D eigenvalue weighted by molar-refractivity contribution is 9.10. The second-order valence-electron chi connectivity index (χ2n) is 7.02. The van der Waals surface area contributed by atoms with Crippen LogP contribution in [0.2, 0.25) is 0 Å². The lowest BCUT2D eigenvalue weighted by molar-refractivity contribution is 0.0697. The lowest BCUT2D eigenvalue weighted by Gasteiger charge is -2.18. The molecule has 2 N–H and O–H groups in total. The zero-order chi connectivity index (χ0) is 21.7. The van der Waals surface area contributed by atoms with Crippen LogP contribution in [0.15, 0.2) is 59.1 Å². The molecule has 0 radical (unpaired) electrons. The quantitative estimate of drug-likeness (QED) is 0.425. The Kier molecular flexibility index (Phi) is 7.00. The van der Waals surface area contributed by atoms with Gasteiger partial charge in [0.25, 0.3) is 0 Å². The molecule has 5 nitrogen and oxygen atoms in total. The van der Waals surface area contributed by atoms with Crippen LogP contribution in [0.3, 0.4) is 0 Å². The van der Waals surface area contributed by atoms with E-state index >= 15 is 0 Å². The van der Waals surface area contributed by atoms with E-state index in [-0.39, 0.29) is 5.56 Å². The van der Waals surface area contributed by atoms with Crippen LogP contribution < -0.4 is 14.8 Å². The largest absolute Gasteiger partial charge is 0.493 e. The van der Waals surface area contributed by atoms with Crippen LogP contribution in [0, 0.1) is 13.8 Å². The minimum Gasteiger partial charge on any atom is -0.493 e. The standard InChI is InChI=1S/C24H24BrNO4/c1-15-4-6-17(7-5-15)14-30-23-19(20(25)9-11-22(23)29-3)13-26-21-10-8-18(24(27)28)12-16(21)2/h4-12,26H,13-14H2,1-3H3,(H,27,28). The van der Waals surface area contributed by atoms with Crippen LogP contribution in [-0.4, -0.2) is 18.2 Å². The summed E-state index contributed by atoms with van der Waals surface area (Å²) in [5.41, 5.74) is 5.18. The van der Waals surface area contributed by atoms with E-state index in [1.54, 1.807) is 25.3 Å². The molecule has 0 amide bonds. The van der Waals surface area contributed by atoms with E-state index in [4.69, 9.17) is 14.6 Å². The van der Waals surface area contributed by atoms with Crippen LogP contribution in [0.4, 0.5) is 5.69 Å². The summed E-state index contributed by atoms with van der Waals surface area (Å²) in [6, 6.07) is 17.0. The van der Waals surface area contributed by atoms with Gasteiger partial charge in [0.15, 0.2) is 11.5 Å². The number of anilines is 1. The number of carbonyl (C=O) groups is 1. The third-order valence-corrected chi connectivity index (χ3v) is 5.56. The Morgan fingerprint density at radius 1 is 1.07 bits per heavy atom. The molecule has 0 aliphatic carbocycles. The Bertz CT molecular complexity index is 1050. The van der Waals surface area contributed by atoms with E-state index < -0.39 is 5.97 Å². The van der Waals surface area contributed by atoms with Crippen molar-refractivity contribution in [1.82, 2.24) is 0 Å². The fourth-order valence-corrected chi connectivity index (χ4v) is 3.54. The number of carboxylic acids is 1. The van der Waals surface area contributed by atoms with Crippen LogP contribution in [0.5, 0.6) is 11.5 Å². The van der Waals surface area contributed by atoms with Gasteiger partial charge in [0.2, 0.25) is 0 Å². The van der Waals surface area contributed by atoms with Gasteiger partial charge < -0.3 is 19.9 Å². The molecule has 0 saturated heterocycles. The maximum atomic E-state index is 11.2. The number of ether oxygens (including phenoxy) is 2. The lowest BCUT2D eigenvalue weighted by Crippen LogP contribution is -2.07. The smallest absolute Gasteiger partial charge is 0.335 e. The number of nitrogens with one attached hydrogen (secondary N) is 1. The number of halogens is 1. The summed E-state index contributed by atoms with van der Waals surface area (Å²) in [6.07, 6.45) is 0. The molecule has 3 aromatic rings. The average Bonchev–Trinajstić information content (AvgIpc) is 2.73. The second kappa shape index (κ2) is 9.67. The monoisotopic (exact) mass is 469 g/mol. The molecule has 3 rings (SSSR count). The highest BCUT2D eigenvalue weighted by atomic mass is 79.9. The second-order valence-corrected chi connectivity index (χ2v) is 7.87. The van der Waals surface area contributed by atoms with Crippen molar-refractivity contribution in [3.8, 4) is 11.5 Å². The van der Waals surface area contributed by atoms with Crippen LogP contribution >= 0.6 is 15.9 Å². The first-order valence-electron chi connectivity index (χ1n) is 9.50. The molecule has 0 fully saturated rings. The summed E-state index contributed by atoms with van der Waals surface area (Å²) in [5, 5.41) is 12.5. The fraction of sp³-hybridized carbons (Fsp3) is 0.208. The molecular formula is C24H24BrNO4. The molecule has 0 aromatic heterocycles. The Balaban J connectivity index is 1.83. The lowest BCUT2D eigenvalue weighted by atomic mass is 10.1. The average molecular weight is 470 g/mol. The van der Waals surface area contributed by atoms with E-state index in [0.717, 1.165) is 26.9 Å². The Labute approximate surface area is 184 Å². The Morgan fingerprint density at radius 3 is 2.43 bits per heavy atom. The van der Waals surface area contributed by atoms with Crippen molar-refractivity contribution in [2.75, 3.05) is 12.4 Å². The maximum Gasteiger partial charge on any atom is 0.335 e. The summed E-state index contributed by atoms with van der Waals surface area (Å²) in [4.78, 5) is 11.2. The van der Waals surface area contributed by atoms with E-state index in [2.05, 4.69) is 40.3 Å². The van der Waals surface area contributed by atoms with Gasteiger partial charge in [0, 0.05) is 22.3 Å². The third kappa shape index (κ3) is 5.13. The van der Waals surface area contributed by atoms with Crippen molar-refractivity contribution in [3.05, 3.63) is 86.9 Å². The Hall–Kier alpha value is -2.99. The van der Waals surface area contributed by atoms with Crippen molar-refractivity contribution in [2.45, 2.75) is 27.0 Å². The van der Waals surface area contributed by atoms with Crippen LogP contribution in [-0.2, 0) is 13.2 Å². The minimum absolute atomic E-state index is 0.266. The van der Waals surface area contributed by atoms with Crippen molar-refractivity contribution in [3.63, 3.8) is 0 Å². The highest BCUT2D eigenvalue weighted by Gasteiger charge is 2.16. The summed E-state index contributed by atoms with van der Waals surface area (Å²) >= 11 is 3.62. The van der Waals surface area contributed by atoms with Gasteiger partial charge in [0.05, 0.1) is 12.7 Å². The molecule has 0 bridgehead atoms. The first kappa shape index (κ1) is 21.7. The number of benzene rings is 3. The summed E-state index contributed by atoms with van der Waals surface area (Å²) in [7, 11) is 1.62. The molecular weight excluding hydrogens is 446 g/mol. The molecule has 0 aliphatic heterocycles. The van der Waals surface area contributed by atoms with E-state index in [9.17, 15) is 4.79 Å². The maximum absolute atomic E-state index is 11.2. The van der Waals surface area contributed by atoms with E-state index in [1.165, 1.54) is 5.56 Å². The number of aryl methyl sites for hydroxylation is 2. The molecule has 0 heterocycles. The topological polar surface area (TPSA) is 67.8 Å². The van der Waals surface area contributed by atoms with E-state index in [0.29, 0.717) is 24.7 Å². The highest BCUT2D eigenvalue weighted by Crippen LogP contribution is 2.37. The molecule has 6 heteroatoms. The predicted octanol–water partition coefficient (Wildman–Crippen LogP) is 5.96. The van der Waals surface area contributed by atoms with Gasteiger partial charge in [-0.15, -0.1) is 0 Å². The number of rotatable bonds is 8. The molecule has 0 saturated carbocycles. The van der Waals surface area contributed by atoms with Gasteiger partial charge in [-0.2, -0.15) is 0 Å². The van der Waals surface area contributed by atoms with Crippen molar-refractivity contribution >= 4 is 27.6 Å². The number of hydrogen-bond donors (Lipinski definition) is 2. The van der Waals surface area contributed by atoms with Gasteiger partial charge in [-0.1, -0.05) is 45.8 Å². The van der Waals surface area contributed by atoms with Gasteiger partial charge in [-0.05, 0) is 55.3 Å². The van der Waals surface area contributed by atoms with Crippen molar-refractivity contribution < 1.29 is 19.4 Å². The first-order chi connectivity index (χ1) is 14.4. The van der Waals surface area contributed by atoms with Gasteiger partial charge in [0.1, 0.15) is 6.61 Å². The summed E-state index contributed by atoms with van der Waals surface area (Å²) in [5.74, 6) is 0.381. The number of aromatic carboxylic acids is 1. The minimum atomic E-state index is -0.938. The number of carboxylic acid groups (broad SMARTS) is 1. The van der Waals surface area contributed by atoms with Gasteiger partial charge in [-0.3, -0.25) is 0 Å².